The van der Waals surface area contributed by atoms with Crippen molar-refractivity contribution >= 4 is 23.3 Å². The van der Waals surface area contributed by atoms with Crippen LogP contribution in [0.15, 0.2) is 5.38 Å². The average molecular weight is 283 g/mol. The molecule has 6 nitrogen and oxygen atoms in total. The number of carboxylic acid groups (broad SMARTS) is 1. The summed E-state index contributed by atoms with van der Waals surface area (Å²) in [7, 11) is 1.67. The van der Waals surface area contributed by atoms with Crippen molar-refractivity contribution in [2.45, 2.75) is 32.4 Å². The molecule has 2 rings (SSSR count). The van der Waals surface area contributed by atoms with Crippen molar-refractivity contribution in [3.63, 3.8) is 0 Å². The fourth-order valence-electron chi connectivity index (χ4n) is 2.26. The van der Waals surface area contributed by atoms with E-state index in [4.69, 9.17) is 5.11 Å². The Bertz CT molecular complexity index is 488. The number of carbonyl (C=O) groups excluding carboxylic acids is 1. The van der Waals surface area contributed by atoms with Crippen molar-refractivity contribution in [1.82, 2.24) is 14.8 Å². The Labute approximate surface area is 115 Å². The number of amides is 2. The van der Waals surface area contributed by atoms with Gasteiger partial charge in [0.15, 0.2) is 0 Å². The highest BCUT2D eigenvalue weighted by molar-refractivity contribution is 7.09. The quantitative estimate of drug-likeness (QED) is 0.913. The van der Waals surface area contributed by atoms with Gasteiger partial charge in [-0.25, -0.2) is 14.6 Å². The van der Waals surface area contributed by atoms with Crippen molar-refractivity contribution in [2.24, 2.45) is 0 Å². The fraction of sp³-hybridized carbons (Fsp3) is 0.583. The van der Waals surface area contributed by atoms with Gasteiger partial charge in [0, 0.05) is 19.0 Å². The van der Waals surface area contributed by atoms with E-state index in [0.29, 0.717) is 19.5 Å². The Morgan fingerprint density at radius 3 is 2.95 bits per heavy atom. The summed E-state index contributed by atoms with van der Waals surface area (Å²) in [5.74, 6) is -0.927. The van der Waals surface area contributed by atoms with Gasteiger partial charge in [0.25, 0.3) is 0 Å². The van der Waals surface area contributed by atoms with Crippen LogP contribution < -0.4 is 0 Å². The van der Waals surface area contributed by atoms with E-state index in [-0.39, 0.29) is 6.03 Å². The summed E-state index contributed by atoms with van der Waals surface area (Å²) in [6.07, 6.45) is 1.27. The van der Waals surface area contributed by atoms with Crippen LogP contribution in [-0.2, 0) is 11.3 Å². The first-order chi connectivity index (χ1) is 8.99. The van der Waals surface area contributed by atoms with Crippen LogP contribution in [0.2, 0.25) is 0 Å². The maximum Gasteiger partial charge on any atom is 0.326 e. The van der Waals surface area contributed by atoms with Gasteiger partial charge in [-0.3, -0.25) is 0 Å². The van der Waals surface area contributed by atoms with Crippen LogP contribution in [-0.4, -0.2) is 51.5 Å². The molecule has 0 unspecified atom stereocenters. The molecule has 104 valence electrons. The standard InChI is InChI=1S/C12H17N3O3S/c1-8-13-9(7-19-8)6-14(2)12(18)15-5-3-4-10(15)11(16)17/h7,10H,3-6H2,1-2H3,(H,16,17)/t10-/m1/s1. The smallest absolute Gasteiger partial charge is 0.326 e. The second kappa shape index (κ2) is 5.56. The van der Waals surface area contributed by atoms with E-state index in [2.05, 4.69) is 4.98 Å². The molecule has 0 bridgehead atoms. The highest BCUT2D eigenvalue weighted by Gasteiger charge is 2.35. The number of nitrogens with zero attached hydrogens (tertiary/aromatic N) is 3. The molecule has 1 saturated heterocycles. The van der Waals surface area contributed by atoms with Crippen LogP contribution in [0.5, 0.6) is 0 Å². The second-order valence-corrected chi connectivity index (χ2v) is 5.75. The Morgan fingerprint density at radius 1 is 1.63 bits per heavy atom. The fourth-order valence-corrected chi connectivity index (χ4v) is 2.87. The molecular formula is C12H17N3O3S. The van der Waals surface area contributed by atoms with Crippen LogP contribution in [0.25, 0.3) is 0 Å². The minimum absolute atomic E-state index is 0.240. The highest BCUT2D eigenvalue weighted by Crippen LogP contribution is 2.20. The number of thiazole rings is 1. The lowest BCUT2D eigenvalue weighted by atomic mass is 10.2. The zero-order valence-electron chi connectivity index (χ0n) is 11.0. The number of aromatic nitrogens is 1. The number of hydrogen-bond donors (Lipinski definition) is 1. The van der Waals surface area contributed by atoms with Gasteiger partial charge in [0.05, 0.1) is 17.2 Å². The summed E-state index contributed by atoms with van der Waals surface area (Å²) in [4.78, 5) is 30.6. The van der Waals surface area contributed by atoms with Gasteiger partial charge < -0.3 is 14.9 Å². The largest absolute Gasteiger partial charge is 0.480 e. The van der Waals surface area contributed by atoms with E-state index < -0.39 is 12.0 Å². The van der Waals surface area contributed by atoms with Crippen molar-refractivity contribution in [2.75, 3.05) is 13.6 Å². The maximum absolute atomic E-state index is 12.2. The number of aryl methyl sites for hydroxylation is 1. The topological polar surface area (TPSA) is 73.7 Å². The average Bonchev–Trinajstić information content (AvgIpc) is 2.97. The number of aliphatic carboxylic acids is 1. The molecule has 0 aliphatic carbocycles. The van der Waals surface area contributed by atoms with Gasteiger partial charge in [-0.15, -0.1) is 11.3 Å². The molecule has 0 spiro atoms. The van der Waals surface area contributed by atoms with Gasteiger partial charge in [0.2, 0.25) is 0 Å². The molecule has 0 radical (unpaired) electrons. The van der Waals surface area contributed by atoms with E-state index in [1.54, 1.807) is 7.05 Å². The molecule has 2 heterocycles. The van der Waals surface area contributed by atoms with E-state index in [1.165, 1.54) is 21.1 Å². The zero-order valence-corrected chi connectivity index (χ0v) is 11.8. The Morgan fingerprint density at radius 2 is 2.37 bits per heavy atom. The van der Waals surface area contributed by atoms with Gasteiger partial charge in [-0.2, -0.15) is 0 Å². The first-order valence-electron chi connectivity index (χ1n) is 6.14. The Kier molecular flexibility index (Phi) is 4.04. The molecule has 1 N–H and O–H groups in total. The lowest BCUT2D eigenvalue weighted by molar-refractivity contribution is -0.141. The third-order valence-electron chi connectivity index (χ3n) is 3.18. The number of carbonyl (C=O) groups is 2. The molecule has 0 aromatic carbocycles. The number of rotatable bonds is 3. The van der Waals surface area contributed by atoms with Gasteiger partial charge in [-0.1, -0.05) is 0 Å². The third-order valence-corrected chi connectivity index (χ3v) is 4.00. The summed E-state index contributed by atoms with van der Waals surface area (Å²) in [6, 6.07) is -0.928. The van der Waals surface area contributed by atoms with E-state index in [9.17, 15) is 9.59 Å². The maximum atomic E-state index is 12.2. The summed E-state index contributed by atoms with van der Waals surface area (Å²) in [5, 5.41) is 12.0. The number of likely N-dealkylation sites (tertiary alicyclic amines) is 1. The van der Waals surface area contributed by atoms with E-state index >= 15 is 0 Å². The van der Waals surface area contributed by atoms with E-state index in [1.807, 2.05) is 12.3 Å². The normalized spacial score (nSPS) is 18.6. The van der Waals surface area contributed by atoms with E-state index in [0.717, 1.165) is 17.1 Å². The van der Waals surface area contributed by atoms with Gasteiger partial charge in [-0.05, 0) is 19.8 Å². The Hall–Kier alpha value is -1.63. The molecule has 2 amide bonds. The number of carboxylic acids is 1. The van der Waals surface area contributed by atoms with Crippen molar-refractivity contribution in [3.8, 4) is 0 Å². The van der Waals surface area contributed by atoms with Crippen LogP contribution in [0.3, 0.4) is 0 Å². The molecule has 1 atom stereocenters. The van der Waals surface area contributed by atoms with Crippen LogP contribution in [0.1, 0.15) is 23.5 Å². The number of urea groups is 1. The minimum atomic E-state index is -0.927. The molecule has 1 aliphatic heterocycles. The number of hydrogen-bond acceptors (Lipinski definition) is 4. The summed E-state index contributed by atoms with van der Waals surface area (Å²) in [5.41, 5.74) is 0.837. The zero-order chi connectivity index (χ0) is 14.0. The molecule has 0 saturated carbocycles. The van der Waals surface area contributed by atoms with Crippen molar-refractivity contribution < 1.29 is 14.7 Å². The lowest BCUT2D eigenvalue weighted by Crippen LogP contribution is -2.46. The summed E-state index contributed by atoms with van der Waals surface area (Å²) >= 11 is 1.54. The van der Waals surface area contributed by atoms with Crippen molar-refractivity contribution in [3.05, 3.63) is 16.1 Å². The first-order valence-corrected chi connectivity index (χ1v) is 7.02. The predicted molar refractivity (Wildman–Crippen MR) is 71.1 cm³/mol. The first kappa shape index (κ1) is 13.8. The van der Waals surface area contributed by atoms with Crippen LogP contribution in [0.4, 0.5) is 4.79 Å². The van der Waals surface area contributed by atoms with Crippen LogP contribution >= 0.6 is 11.3 Å². The second-order valence-electron chi connectivity index (χ2n) is 4.69. The van der Waals surface area contributed by atoms with Gasteiger partial charge >= 0.3 is 12.0 Å². The Balaban J connectivity index is 2.00. The SMILES string of the molecule is Cc1nc(CN(C)C(=O)N2CCC[C@@H]2C(=O)O)cs1. The predicted octanol–water partition coefficient (Wildman–Crippen LogP) is 1.55. The molecular weight excluding hydrogens is 266 g/mol. The molecule has 19 heavy (non-hydrogen) atoms. The molecule has 1 aromatic rings. The minimum Gasteiger partial charge on any atom is -0.480 e. The molecule has 1 fully saturated rings. The third kappa shape index (κ3) is 3.04. The monoisotopic (exact) mass is 283 g/mol. The van der Waals surface area contributed by atoms with Crippen molar-refractivity contribution in [1.29, 1.82) is 0 Å². The lowest BCUT2D eigenvalue weighted by Gasteiger charge is -2.27. The summed E-state index contributed by atoms with van der Waals surface area (Å²) in [6.45, 7) is 2.83. The molecule has 7 heteroatoms. The highest BCUT2D eigenvalue weighted by atomic mass is 32.1. The summed E-state index contributed by atoms with van der Waals surface area (Å²) < 4.78 is 0. The molecule has 1 aliphatic rings. The van der Waals surface area contributed by atoms with Gasteiger partial charge in [0.1, 0.15) is 6.04 Å². The molecule has 1 aromatic heterocycles. The van der Waals surface area contributed by atoms with Crippen LogP contribution in [0, 0.1) is 6.92 Å².